The largest absolute Gasteiger partial charge is 0.508 e. The van der Waals surface area contributed by atoms with E-state index in [0.29, 0.717) is 6.42 Å². The maximum Gasteiger partial charge on any atom is 0.238 e. The standard InChI is InChI=1S/C12H16N2O2.Ac/c1-12(2)13-10(11(16)14-12)7-8-3-5-9(15)6-4-8;/h3-6,10,13,15H,7H2,1-2H3,(H,14,16);. The van der Waals surface area contributed by atoms with Gasteiger partial charge in [0.2, 0.25) is 5.91 Å². The summed E-state index contributed by atoms with van der Waals surface area (Å²) in [6.45, 7) is 3.86. The fourth-order valence-corrected chi connectivity index (χ4v) is 1.94. The number of rotatable bonds is 2. The molecule has 0 bridgehead atoms. The Hall–Kier alpha value is -0.108. The first kappa shape index (κ1) is 15.0. The number of amides is 1. The van der Waals surface area contributed by atoms with E-state index in [1.54, 1.807) is 12.1 Å². The number of phenols is 1. The minimum atomic E-state index is -0.335. The molecular formula is C12H16AcN2O2. The molecule has 1 atom stereocenters. The molecule has 1 radical (unpaired) electrons. The van der Waals surface area contributed by atoms with Crippen molar-refractivity contribution in [2.24, 2.45) is 0 Å². The fraction of sp³-hybridized carbons (Fsp3) is 0.417. The molecule has 17 heavy (non-hydrogen) atoms. The summed E-state index contributed by atoms with van der Waals surface area (Å²) in [4.78, 5) is 11.6. The van der Waals surface area contributed by atoms with Crippen LogP contribution in [0.15, 0.2) is 24.3 Å². The van der Waals surface area contributed by atoms with Crippen molar-refractivity contribution in [3.63, 3.8) is 0 Å². The molecule has 1 aliphatic rings. The van der Waals surface area contributed by atoms with Gasteiger partial charge in [-0.3, -0.25) is 10.1 Å². The molecule has 0 aliphatic carbocycles. The van der Waals surface area contributed by atoms with Gasteiger partial charge >= 0.3 is 0 Å². The summed E-state index contributed by atoms with van der Waals surface area (Å²) < 4.78 is 0. The molecule has 4 nitrogen and oxygen atoms in total. The van der Waals surface area contributed by atoms with Crippen LogP contribution in [0.3, 0.4) is 0 Å². The van der Waals surface area contributed by atoms with E-state index < -0.39 is 0 Å². The van der Waals surface area contributed by atoms with Gasteiger partial charge in [-0.1, -0.05) is 12.1 Å². The predicted molar refractivity (Wildman–Crippen MR) is 61.0 cm³/mol. The zero-order valence-electron chi connectivity index (χ0n) is 10.0. The summed E-state index contributed by atoms with van der Waals surface area (Å²) in [5.41, 5.74) is 0.696. The van der Waals surface area contributed by atoms with E-state index >= 15 is 0 Å². The Balaban J connectivity index is 0.00000144. The molecule has 0 spiro atoms. The van der Waals surface area contributed by atoms with Gasteiger partial charge in [0.1, 0.15) is 5.75 Å². The summed E-state index contributed by atoms with van der Waals surface area (Å²) in [5.74, 6) is 0.269. The number of hydrogen-bond donors (Lipinski definition) is 3. The monoisotopic (exact) mass is 447 g/mol. The number of phenolic OH excluding ortho intramolecular Hbond substituents is 1. The molecular weight excluding hydrogens is 431 g/mol. The Morgan fingerprint density at radius 3 is 2.35 bits per heavy atom. The van der Waals surface area contributed by atoms with Crippen LogP contribution in [0.4, 0.5) is 0 Å². The average molecular weight is 447 g/mol. The first-order valence-electron chi connectivity index (χ1n) is 5.34. The second kappa shape index (κ2) is 5.69. The molecule has 1 aromatic rings. The van der Waals surface area contributed by atoms with Crippen molar-refractivity contribution < 1.29 is 54.0 Å². The molecule has 1 unspecified atom stereocenters. The molecule has 5 heteroatoms. The Labute approximate surface area is 137 Å². The van der Waals surface area contributed by atoms with Crippen molar-refractivity contribution in [3.05, 3.63) is 29.8 Å². The fourth-order valence-electron chi connectivity index (χ4n) is 1.94. The van der Waals surface area contributed by atoms with E-state index in [0.717, 1.165) is 5.56 Å². The second-order valence-electron chi connectivity index (χ2n) is 4.68. The number of aromatic hydroxyl groups is 1. The van der Waals surface area contributed by atoms with Crippen LogP contribution in [0, 0.1) is 44.1 Å². The van der Waals surface area contributed by atoms with Gasteiger partial charge in [0, 0.05) is 44.1 Å². The van der Waals surface area contributed by atoms with E-state index in [1.807, 2.05) is 26.0 Å². The molecule has 3 N–H and O–H groups in total. The molecule has 1 aromatic carbocycles. The maximum atomic E-state index is 11.6. The summed E-state index contributed by atoms with van der Waals surface area (Å²) >= 11 is 0. The van der Waals surface area contributed by atoms with Crippen LogP contribution in [-0.4, -0.2) is 22.7 Å². The predicted octanol–water partition coefficient (Wildman–Crippen LogP) is 0.759. The van der Waals surface area contributed by atoms with E-state index in [4.69, 9.17) is 5.11 Å². The van der Waals surface area contributed by atoms with E-state index in [2.05, 4.69) is 10.6 Å². The zero-order chi connectivity index (χ0) is 11.8. The number of hydrogen-bond acceptors (Lipinski definition) is 3. The number of nitrogens with one attached hydrogen (secondary N) is 2. The van der Waals surface area contributed by atoms with E-state index in [-0.39, 0.29) is 67.4 Å². The Morgan fingerprint density at radius 2 is 1.88 bits per heavy atom. The minimum Gasteiger partial charge on any atom is -0.508 e. The third-order valence-corrected chi connectivity index (χ3v) is 2.66. The van der Waals surface area contributed by atoms with Crippen LogP contribution in [-0.2, 0) is 11.2 Å². The van der Waals surface area contributed by atoms with Crippen molar-refractivity contribution in [1.29, 1.82) is 0 Å². The van der Waals surface area contributed by atoms with Gasteiger partial charge in [0.05, 0.1) is 11.7 Å². The molecule has 1 fully saturated rings. The Morgan fingerprint density at radius 1 is 1.29 bits per heavy atom. The Bertz CT molecular complexity index is 403. The molecule has 0 saturated carbocycles. The van der Waals surface area contributed by atoms with Crippen LogP contribution < -0.4 is 10.6 Å². The van der Waals surface area contributed by atoms with Gasteiger partial charge in [0.25, 0.3) is 0 Å². The van der Waals surface area contributed by atoms with E-state index in [9.17, 15) is 4.79 Å². The van der Waals surface area contributed by atoms with Crippen LogP contribution in [0.1, 0.15) is 19.4 Å². The number of benzene rings is 1. The maximum absolute atomic E-state index is 11.6. The number of carbonyl (C=O) groups excluding carboxylic acids is 1. The van der Waals surface area contributed by atoms with Gasteiger partial charge in [-0.2, -0.15) is 0 Å². The summed E-state index contributed by atoms with van der Waals surface area (Å²) in [5, 5.41) is 15.3. The third kappa shape index (κ3) is 3.94. The summed E-state index contributed by atoms with van der Waals surface area (Å²) in [7, 11) is 0. The molecule has 0 aromatic heterocycles. The smallest absolute Gasteiger partial charge is 0.238 e. The topological polar surface area (TPSA) is 61.4 Å². The van der Waals surface area contributed by atoms with Crippen molar-refractivity contribution in [3.8, 4) is 5.75 Å². The van der Waals surface area contributed by atoms with Crippen LogP contribution >= 0.6 is 0 Å². The van der Waals surface area contributed by atoms with Gasteiger partial charge in [-0.25, -0.2) is 0 Å². The van der Waals surface area contributed by atoms with Gasteiger partial charge in [0.15, 0.2) is 0 Å². The van der Waals surface area contributed by atoms with Gasteiger partial charge < -0.3 is 10.4 Å². The molecule has 1 saturated heterocycles. The summed E-state index contributed by atoms with van der Waals surface area (Å²) in [6, 6.07) is 6.73. The second-order valence-corrected chi connectivity index (χ2v) is 4.68. The molecule has 89 valence electrons. The third-order valence-electron chi connectivity index (χ3n) is 2.66. The first-order chi connectivity index (χ1) is 7.46. The molecule has 1 heterocycles. The van der Waals surface area contributed by atoms with E-state index in [1.165, 1.54) is 0 Å². The van der Waals surface area contributed by atoms with Crippen molar-refractivity contribution in [2.75, 3.05) is 0 Å². The Kier molecular flexibility index (Phi) is 5.00. The SMILES string of the molecule is CC1(C)NC(=O)C(Cc2ccc(O)cc2)N1.[Ac]. The van der Waals surface area contributed by atoms with Crippen molar-refractivity contribution in [1.82, 2.24) is 10.6 Å². The molecule has 1 aliphatic heterocycles. The van der Waals surface area contributed by atoms with Crippen LogP contribution in [0.5, 0.6) is 5.75 Å². The quantitative estimate of drug-likeness (QED) is 0.628. The van der Waals surface area contributed by atoms with Gasteiger partial charge in [-0.05, 0) is 38.0 Å². The first-order valence-corrected chi connectivity index (χ1v) is 5.34. The average Bonchev–Trinajstić information content (AvgIpc) is 2.44. The summed E-state index contributed by atoms with van der Waals surface area (Å²) in [6.07, 6.45) is 0.634. The van der Waals surface area contributed by atoms with Crippen molar-refractivity contribution in [2.45, 2.75) is 32.0 Å². The van der Waals surface area contributed by atoms with Crippen molar-refractivity contribution >= 4 is 5.91 Å². The minimum absolute atomic E-state index is 0. The zero-order valence-corrected chi connectivity index (χ0v) is 14.8. The normalized spacial score (nSPS) is 21.8. The molecule has 2 rings (SSSR count). The van der Waals surface area contributed by atoms with Gasteiger partial charge in [-0.15, -0.1) is 0 Å². The number of carbonyl (C=O) groups is 1. The van der Waals surface area contributed by atoms with Crippen LogP contribution in [0.2, 0.25) is 0 Å². The molecule has 1 amide bonds. The van der Waals surface area contributed by atoms with Crippen LogP contribution in [0.25, 0.3) is 0 Å².